The smallest absolute Gasteiger partial charge is 0.194 e. The van der Waals surface area contributed by atoms with Crippen LogP contribution in [0.15, 0.2) is 6.20 Å². The van der Waals surface area contributed by atoms with Crippen molar-refractivity contribution in [2.45, 2.75) is 32.7 Å². The highest BCUT2D eigenvalue weighted by Crippen LogP contribution is 2.14. The Kier molecular flexibility index (Phi) is 3.13. The van der Waals surface area contributed by atoms with Gasteiger partial charge in [-0.25, -0.2) is 4.98 Å². The Hall–Kier alpha value is -1.20. The number of H-pyrrole nitrogens is 1. The number of nitrogens with zero attached hydrogens (tertiary/aromatic N) is 1. The van der Waals surface area contributed by atoms with Gasteiger partial charge in [0.05, 0.1) is 12.3 Å². The molecule has 5 nitrogen and oxygen atoms in total. The molecule has 0 radical (unpaired) electrons. The summed E-state index contributed by atoms with van der Waals surface area (Å²) in [5, 5.41) is 0. The van der Waals surface area contributed by atoms with Gasteiger partial charge in [-0.1, -0.05) is 0 Å². The van der Waals surface area contributed by atoms with Crippen LogP contribution in [0.4, 0.5) is 0 Å². The highest BCUT2D eigenvalue weighted by molar-refractivity contribution is 5.90. The summed E-state index contributed by atoms with van der Waals surface area (Å²) in [7, 11) is 0. The van der Waals surface area contributed by atoms with E-state index in [2.05, 4.69) is 9.97 Å². The number of ketones is 1. The third-order valence-corrected chi connectivity index (χ3v) is 2.27. The van der Waals surface area contributed by atoms with Crippen LogP contribution in [0, 0.1) is 0 Å². The highest BCUT2D eigenvalue weighted by Gasteiger charge is 2.16. The van der Waals surface area contributed by atoms with Crippen molar-refractivity contribution in [2.24, 2.45) is 0 Å². The molecule has 1 unspecified atom stereocenters. The largest absolute Gasteiger partial charge is 0.353 e. The second-order valence-corrected chi connectivity index (χ2v) is 3.55. The van der Waals surface area contributed by atoms with Crippen LogP contribution in [-0.4, -0.2) is 28.6 Å². The zero-order chi connectivity index (χ0) is 10.7. The van der Waals surface area contributed by atoms with Gasteiger partial charge in [-0.05, 0) is 6.42 Å². The first-order chi connectivity index (χ1) is 7.25. The van der Waals surface area contributed by atoms with Crippen molar-refractivity contribution >= 4 is 5.78 Å². The molecule has 1 aliphatic heterocycles. The summed E-state index contributed by atoms with van der Waals surface area (Å²) in [6, 6.07) is 0. The Labute approximate surface area is 87.8 Å². The highest BCUT2D eigenvalue weighted by atomic mass is 16.7. The predicted molar refractivity (Wildman–Crippen MR) is 52.4 cm³/mol. The fourth-order valence-corrected chi connectivity index (χ4v) is 1.47. The summed E-state index contributed by atoms with van der Waals surface area (Å²) < 4.78 is 10.8. The minimum atomic E-state index is -0.109. The average molecular weight is 210 g/mol. The lowest BCUT2D eigenvalue weighted by atomic mass is 10.4. The predicted octanol–water partition coefficient (Wildman–Crippen LogP) is 1.27. The van der Waals surface area contributed by atoms with Crippen LogP contribution in [0.5, 0.6) is 0 Å². The molecule has 2 heterocycles. The van der Waals surface area contributed by atoms with E-state index in [1.807, 2.05) is 0 Å². The lowest BCUT2D eigenvalue weighted by Crippen LogP contribution is -2.10. The number of Topliss-reactive ketones (excluding diaryl/α,β-unsaturated/α-hetero) is 1. The molecule has 0 bridgehead atoms. The molecule has 5 heteroatoms. The van der Waals surface area contributed by atoms with Crippen molar-refractivity contribution in [3.63, 3.8) is 0 Å². The van der Waals surface area contributed by atoms with E-state index in [-0.39, 0.29) is 12.1 Å². The van der Waals surface area contributed by atoms with Crippen molar-refractivity contribution in [3.8, 4) is 0 Å². The minimum Gasteiger partial charge on any atom is -0.353 e. The second-order valence-electron chi connectivity index (χ2n) is 3.55. The quantitative estimate of drug-likeness (QED) is 0.760. The Morgan fingerprint density at radius 3 is 3.27 bits per heavy atom. The summed E-state index contributed by atoms with van der Waals surface area (Å²) in [5.41, 5.74) is 0.732. The first kappa shape index (κ1) is 10.3. The molecule has 82 valence electrons. The number of aromatic nitrogens is 2. The van der Waals surface area contributed by atoms with Crippen LogP contribution < -0.4 is 0 Å². The third kappa shape index (κ3) is 2.64. The zero-order valence-electron chi connectivity index (χ0n) is 8.66. The molecule has 15 heavy (non-hydrogen) atoms. The third-order valence-electron chi connectivity index (χ3n) is 2.27. The van der Waals surface area contributed by atoms with Gasteiger partial charge in [-0.15, -0.1) is 0 Å². The maximum atomic E-state index is 11.0. The van der Waals surface area contributed by atoms with Gasteiger partial charge in [0, 0.05) is 26.1 Å². The molecule has 1 aromatic rings. The van der Waals surface area contributed by atoms with E-state index in [0.29, 0.717) is 12.4 Å². The summed E-state index contributed by atoms with van der Waals surface area (Å²) in [5.74, 6) is 0.305. The number of carbonyl (C=O) groups is 1. The molecule has 1 aliphatic rings. The van der Waals surface area contributed by atoms with E-state index in [9.17, 15) is 4.79 Å². The van der Waals surface area contributed by atoms with Crippen LogP contribution in [0.1, 0.15) is 36.1 Å². The minimum absolute atomic E-state index is 0.0710. The zero-order valence-corrected chi connectivity index (χ0v) is 8.66. The first-order valence-corrected chi connectivity index (χ1v) is 5.04. The first-order valence-electron chi connectivity index (χ1n) is 5.04. The van der Waals surface area contributed by atoms with Crippen LogP contribution in [0.2, 0.25) is 0 Å². The van der Waals surface area contributed by atoms with Crippen molar-refractivity contribution in [1.82, 2.24) is 9.97 Å². The van der Waals surface area contributed by atoms with Crippen molar-refractivity contribution in [1.29, 1.82) is 0 Å². The average Bonchev–Trinajstić information content (AvgIpc) is 2.86. The Morgan fingerprint density at radius 1 is 1.80 bits per heavy atom. The van der Waals surface area contributed by atoms with Crippen LogP contribution >= 0.6 is 0 Å². The van der Waals surface area contributed by atoms with Gasteiger partial charge in [-0.3, -0.25) is 4.79 Å². The molecule has 2 rings (SSSR count). The fraction of sp³-hybridized carbons (Fsp3) is 0.600. The SMILES string of the molecule is CC(=O)c1nc(COC2CCCO2)c[nH]1. The topological polar surface area (TPSA) is 64.2 Å². The lowest BCUT2D eigenvalue weighted by Gasteiger charge is -2.08. The molecule has 1 saturated heterocycles. The molecule has 0 spiro atoms. The molecule has 0 aliphatic carbocycles. The number of rotatable bonds is 4. The molecule has 1 fully saturated rings. The second kappa shape index (κ2) is 4.55. The summed E-state index contributed by atoms with van der Waals surface area (Å²) in [4.78, 5) is 17.8. The molecular formula is C10H14N2O3. The number of ether oxygens (including phenoxy) is 2. The molecule has 1 atom stereocenters. The number of carbonyl (C=O) groups excluding carboxylic acids is 1. The number of imidazole rings is 1. The fourth-order valence-electron chi connectivity index (χ4n) is 1.47. The van der Waals surface area contributed by atoms with E-state index in [1.165, 1.54) is 6.92 Å². The Bertz CT molecular complexity index is 342. The van der Waals surface area contributed by atoms with Gasteiger partial charge in [0.1, 0.15) is 0 Å². The van der Waals surface area contributed by atoms with Crippen LogP contribution in [-0.2, 0) is 16.1 Å². The van der Waals surface area contributed by atoms with E-state index in [4.69, 9.17) is 9.47 Å². The van der Waals surface area contributed by atoms with E-state index >= 15 is 0 Å². The molecule has 1 N–H and O–H groups in total. The number of hydrogen-bond donors (Lipinski definition) is 1. The van der Waals surface area contributed by atoms with Crippen molar-refractivity contribution < 1.29 is 14.3 Å². The van der Waals surface area contributed by atoms with E-state index < -0.39 is 0 Å². The lowest BCUT2D eigenvalue weighted by molar-refractivity contribution is -0.119. The van der Waals surface area contributed by atoms with Gasteiger partial charge in [0.15, 0.2) is 17.9 Å². The molecule has 0 saturated carbocycles. The molecule has 0 amide bonds. The molecule has 1 aromatic heterocycles. The van der Waals surface area contributed by atoms with Crippen LogP contribution in [0.3, 0.4) is 0 Å². The van der Waals surface area contributed by atoms with Gasteiger partial charge < -0.3 is 14.5 Å². The number of hydrogen-bond acceptors (Lipinski definition) is 4. The van der Waals surface area contributed by atoms with E-state index in [1.54, 1.807) is 6.20 Å². The van der Waals surface area contributed by atoms with Crippen molar-refractivity contribution in [3.05, 3.63) is 17.7 Å². The van der Waals surface area contributed by atoms with E-state index in [0.717, 1.165) is 25.1 Å². The maximum Gasteiger partial charge on any atom is 0.194 e. The normalized spacial score (nSPS) is 20.7. The van der Waals surface area contributed by atoms with Gasteiger partial charge in [0.2, 0.25) is 0 Å². The summed E-state index contributed by atoms with van der Waals surface area (Å²) in [6.45, 7) is 2.63. The number of nitrogens with one attached hydrogen (secondary N) is 1. The Morgan fingerprint density at radius 2 is 2.67 bits per heavy atom. The van der Waals surface area contributed by atoms with Gasteiger partial charge in [0.25, 0.3) is 0 Å². The van der Waals surface area contributed by atoms with Crippen LogP contribution in [0.25, 0.3) is 0 Å². The molecular weight excluding hydrogens is 196 g/mol. The monoisotopic (exact) mass is 210 g/mol. The molecule has 0 aromatic carbocycles. The van der Waals surface area contributed by atoms with Gasteiger partial charge in [-0.2, -0.15) is 0 Å². The standard InChI is InChI=1S/C10H14N2O3/c1-7(13)10-11-5-8(12-10)6-15-9-3-2-4-14-9/h5,9H,2-4,6H2,1H3,(H,11,12). The number of aromatic amines is 1. The Balaban J connectivity index is 1.84. The maximum absolute atomic E-state index is 11.0. The summed E-state index contributed by atoms with van der Waals surface area (Å²) >= 11 is 0. The van der Waals surface area contributed by atoms with Crippen molar-refractivity contribution in [2.75, 3.05) is 6.61 Å². The van der Waals surface area contributed by atoms with Gasteiger partial charge >= 0.3 is 0 Å². The summed E-state index contributed by atoms with van der Waals surface area (Å²) in [6.07, 6.45) is 3.56.